The molecule has 0 rings (SSSR count). The van der Waals surface area contributed by atoms with E-state index in [4.69, 9.17) is 4.74 Å². The minimum atomic E-state index is 0.0267. The van der Waals surface area contributed by atoms with E-state index in [-0.39, 0.29) is 12.0 Å². The zero-order valence-corrected chi connectivity index (χ0v) is 7.85. The van der Waals surface area contributed by atoms with Crippen molar-refractivity contribution in [3.8, 4) is 0 Å². The molecule has 0 saturated carbocycles. The summed E-state index contributed by atoms with van der Waals surface area (Å²) in [5.41, 5.74) is 0.247. The van der Waals surface area contributed by atoms with Gasteiger partial charge < -0.3 is 4.74 Å². The van der Waals surface area contributed by atoms with E-state index >= 15 is 0 Å². The van der Waals surface area contributed by atoms with E-state index in [2.05, 4.69) is 20.8 Å². The summed E-state index contributed by atoms with van der Waals surface area (Å²) < 4.78 is 5.36. The van der Waals surface area contributed by atoms with Gasteiger partial charge in [0.05, 0.1) is 13.2 Å². The van der Waals surface area contributed by atoms with E-state index in [9.17, 15) is 5.11 Å². The van der Waals surface area contributed by atoms with Crippen molar-refractivity contribution in [3.05, 3.63) is 0 Å². The highest BCUT2D eigenvalue weighted by Gasteiger charge is 2.08. The van der Waals surface area contributed by atoms with E-state index in [0.717, 1.165) is 26.1 Å². The van der Waals surface area contributed by atoms with E-state index in [1.807, 2.05) is 0 Å². The average molecular weight is 159 g/mol. The molecule has 0 amide bonds. The van der Waals surface area contributed by atoms with Gasteiger partial charge in [-0.1, -0.05) is 20.8 Å². The van der Waals surface area contributed by atoms with E-state index in [1.54, 1.807) is 0 Å². The summed E-state index contributed by atoms with van der Waals surface area (Å²) in [7, 11) is 0. The Morgan fingerprint density at radius 2 is 1.82 bits per heavy atom. The molecule has 2 heteroatoms. The third kappa shape index (κ3) is 9.92. The zero-order chi connectivity index (χ0) is 8.74. The van der Waals surface area contributed by atoms with Crippen molar-refractivity contribution in [2.24, 2.45) is 5.41 Å². The molecule has 0 bridgehead atoms. The fourth-order valence-electron chi connectivity index (χ4n) is 0.685. The van der Waals surface area contributed by atoms with E-state index < -0.39 is 0 Å². The number of ether oxygens (including phenoxy) is 1. The molecule has 0 saturated heterocycles. The smallest absolute Gasteiger partial charge is 0.0823 e. The number of hydrogen-bond acceptors (Lipinski definition) is 1. The van der Waals surface area contributed by atoms with Gasteiger partial charge in [-0.2, -0.15) is 0 Å². The molecule has 0 N–H and O–H groups in total. The molecular formula is C9H19O2. The van der Waals surface area contributed by atoms with Gasteiger partial charge in [-0.25, -0.2) is 5.11 Å². The molecule has 11 heavy (non-hydrogen) atoms. The Kier molecular flexibility index (Phi) is 5.51. The summed E-state index contributed by atoms with van der Waals surface area (Å²) >= 11 is 0. The Hall–Kier alpha value is -0.0800. The molecule has 0 aliphatic rings. The van der Waals surface area contributed by atoms with Gasteiger partial charge in [0.25, 0.3) is 0 Å². The largest absolute Gasteiger partial charge is 0.381 e. The second kappa shape index (κ2) is 5.56. The standard InChI is InChI=1S/C9H19O2/c1-9(2,3)8-11-7-5-4-6-10/h4-8H2,1-3H3. The molecule has 67 valence electrons. The van der Waals surface area contributed by atoms with Crippen LogP contribution in [0, 0.1) is 5.41 Å². The van der Waals surface area contributed by atoms with Crippen LogP contribution < -0.4 is 0 Å². The topological polar surface area (TPSA) is 29.1 Å². The Morgan fingerprint density at radius 1 is 1.18 bits per heavy atom. The predicted octanol–water partition coefficient (Wildman–Crippen LogP) is 2.26. The van der Waals surface area contributed by atoms with Crippen molar-refractivity contribution in [2.45, 2.75) is 33.6 Å². The van der Waals surface area contributed by atoms with Gasteiger partial charge in [-0.05, 0) is 18.3 Å². The Labute approximate surface area is 69.6 Å². The quantitative estimate of drug-likeness (QED) is 0.566. The molecule has 0 unspecified atom stereocenters. The molecule has 0 spiro atoms. The van der Waals surface area contributed by atoms with Crippen molar-refractivity contribution in [3.63, 3.8) is 0 Å². The molecule has 0 aromatic rings. The molecule has 0 atom stereocenters. The monoisotopic (exact) mass is 159 g/mol. The van der Waals surface area contributed by atoms with Crippen LogP contribution in [0.5, 0.6) is 0 Å². The van der Waals surface area contributed by atoms with Crippen LogP contribution in [0.4, 0.5) is 0 Å². The van der Waals surface area contributed by atoms with Crippen molar-refractivity contribution >= 4 is 0 Å². The van der Waals surface area contributed by atoms with Crippen LogP contribution in [0.15, 0.2) is 0 Å². The average Bonchev–Trinajstić information content (AvgIpc) is 1.85. The van der Waals surface area contributed by atoms with Crippen molar-refractivity contribution in [1.29, 1.82) is 0 Å². The fraction of sp³-hybridized carbons (Fsp3) is 1.00. The van der Waals surface area contributed by atoms with Crippen LogP contribution in [0.3, 0.4) is 0 Å². The minimum absolute atomic E-state index is 0.0267. The number of rotatable bonds is 5. The predicted molar refractivity (Wildman–Crippen MR) is 45.1 cm³/mol. The first kappa shape index (κ1) is 10.9. The highest BCUT2D eigenvalue weighted by atomic mass is 16.5. The highest BCUT2D eigenvalue weighted by molar-refractivity contribution is 4.58. The fourth-order valence-corrected chi connectivity index (χ4v) is 0.685. The van der Waals surface area contributed by atoms with Gasteiger partial charge in [0.15, 0.2) is 0 Å². The van der Waals surface area contributed by atoms with Gasteiger partial charge in [0, 0.05) is 6.61 Å². The summed E-state index contributed by atoms with van der Waals surface area (Å²) in [5, 5.41) is 10.0. The van der Waals surface area contributed by atoms with Crippen molar-refractivity contribution in [1.82, 2.24) is 0 Å². The lowest BCUT2D eigenvalue weighted by Gasteiger charge is -2.17. The third-order valence-corrected chi connectivity index (χ3v) is 1.22. The van der Waals surface area contributed by atoms with Crippen LogP contribution in [-0.2, 0) is 9.84 Å². The maximum Gasteiger partial charge on any atom is 0.0823 e. The minimum Gasteiger partial charge on any atom is -0.381 e. The summed E-state index contributed by atoms with van der Waals surface area (Å²) in [5.74, 6) is 0. The molecule has 0 fully saturated rings. The molecule has 0 heterocycles. The first-order valence-electron chi connectivity index (χ1n) is 4.22. The molecule has 0 aromatic carbocycles. The second-order valence-electron chi connectivity index (χ2n) is 4.02. The van der Waals surface area contributed by atoms with Crippen LogP contribution in [0.25, 0.3) is 0 Å². The first-order valence-corrected chi connectivity index (χ1v) is 4.22. The highest BCUT2D eigenvalue weighted by Crippen LogP contribution is 2.12. The Bertz CT molecular complexity index is 84.1. The zero-order valence-electron chi connectivity index (χ0n) is 7.85. The molecular weight excluding hydrogens is 140 g/mol. The number of hydrogen-bond donors (Lipinski definition) is 0. The second-order valence-corrected chi connectivity index (χ2v) is 4.02. The van der Waals surface area contributed by atoms with E-state index in [1.165, 1.54) is 0 Å². The van der Waals surface area contributed by atoms with Gasteiger partial charge in [0.2, 0.25) is 0 Å². The molecule has 1 radical (unpaired) electrons. The van der Waals surface area contributed by atoms with Gasteiger partial charge in [0.1, 0.15) is 0 Å². The summed E-state index contributed by atoms with van der Waals surface area (Å²) in [6.45, 7) is 7.96. The van der Waals surface area contributed by atoms with Gasteiger partial charge >= 0.3 is 0 Å². The van der Waals surface area contributed by atoms with Gasteiger partial charge in [-0.3, -0.25) is 0 Å². The number of unbranched alkanes of at least 4 members (excludes halogenated alkanes) is 1. The normalized spacial score (nSPS) is 12.0. The Morgan fingerprint density at radius 3 is 2.27 bits per heavy atom. The lowest BCUT2D eigenvalue weighted by Crippen LogP contribution is -2.15. The van der Waals surface area contributed by atoms with Crippen LogP contribution in [-0.4, -0.2) is 19.8 Å². The summed E-state index contributed by atoms with van der Waals surface area (Å²) in [4.78, 5) is 0. The van der Waals surface area contributed by atoms with Crippen LogP contribution >= 0.6 is 0 Å². The maximum atomic E-state index is 10.0. The molecule has 0 aliphatic carbocycles. The third-order valence-electron chi connectivity index (χ3n) is 1.22. The molecule has 0 aliphatic heterocycles. The summed E-state index contributed by atoms with van der Waals surface area (Å²) in [6, 6.07) is 0. The first-order chi connectivity index (χ1) is 5.06. The van der Waals surface area contributed by atoms with Gasteiger partial charge in [-0.15, -0.1) is 0 Å². The SMILES string of the molecule is CC(C)(C)COCCCC[O]. The molecule has 2 nitrogen and oxygen atoms in total. The van der Waals surface area contributed by atoms with Crippen LogP contribution in [0.2, 0.25) is 0 Å². The lowest BCUT2D eigenvalue weighted by atomic mass is 9.99. The molecule has 0 aromatic heterocycles. The maximum absolute atomic E-state index is 10.0. The lowest BCUT2D eigenvalue weighted by molar-refractivity contribution is 0.0641. The van der Waals surface area contributed by atoms with Crippen LogP contribution in [0.1, 0.15) is 33.6 Å². The van der Waals surface area contributed by atoms with Crippen molar-refractivity contribution in [2.75, 3.05) is 19.8 Å². The van der Waals surface area contributed by atoms with E-state index in [0.29, 0.717) is 0 Å². The summed E-state index contributed by atoms with van der Waals surface area (Å²) in [6.07, 6.45) is 1.64. The van der Waals surface area contributed by atoms with Crippen molar-refractivity contribution < 1.29 is 9.84 Å². The Balaban J connectivity index is 3.02.